The van der Waals surface area contributed by atoms with Gasteiger partial charge in [-0.3, -0.25) is 14.7 Å². The standard InChI is InChI=1S/C19H37N5O2.HI/c1-16(2)17(25)21-9-10-22-18(20-3)23-15-19(7-5-4-6-8-19)24-11-13-26-14-12-24;/h16H,4-15H2,1-3H3,(H,21,25)(H2,20,22,23);1H. The number of nitrogens with zero attached hydrogens (tertiary/aromatic N) is 2. The summed E-state index contributed by atoms with van der Waals surface area (Å²) in [4.78, 5) is 18.6. The van der Waals surface area contributed by atoms with Gasteiger partial charge in [-0.25, -0.2) is 0 Å². The molecule has 3 N–H and O–H groups in total. The molecule has 1 saturated heterocycles. The molecule has 2 aliphatic rings. The van der Waals surface area contributed by atoms with Crippen LogP contribution < -0.4 is 16.0 Å². The summed E-state index contributed by atoms with van der Waals surface area (Å²) in [5.41, 5.74) is 0.214. The number of hydrogen-bond acceptors (Lipinski definition) is 4. The monoisotopic (exact) mass is 495 g/mol. The topological polar surface area (TPSA) is 78.0 Å². The molecule has 158 valence electrons. The highest BCUT2D eigenvalue weighted by Gasteiger charge is 2.38. The number of aliphatic imine (C=N–C) groups is 1. The molecular weight excluding hydrogens is 457 g/mol. The van der Waals surface area contributed by atoms with Crippen molar-refractivity contribution >= 4 is 35.8 Å². The second-order valence-electron chi connectivity index (χ2n) is 7.68. The van der Waals surface area contributed by atoms with Crippen LogP contribution >= 0.6 is 24.0 Å². The van der Waals surface area contributed by atoms with Crippen molar-refractivity contribution in [2.45, 2.75) is 51.5 Å². The molecule has 0 aromatic carbocycles. The lowest BCUT2D eigenvalue weighted by Crippen LogP contribution is -2.60. The molecular formula is C19H38IN5O2. The Morgan fingerprint density at radius 3 is 2.30 bits per heavy atom. The van der Waals surface area contributed by atoms with Gasteiger partial charge in [0.15, 0.2) is 5.96 Å². The second-order valence-corrected chi connectivity index (χ2v) is 7.68. The van der Waals surface area contributed by atoms with Crippen molar-refractivity contribution in [1.82, 2.24) is 20.9 Å². The van der Waals surface area contributed by atoms with Crippen LogP contribution in [0.15, 0.2) is 4.99 Å². The highest BCUT2D eigenvalue weighted by Crippen LogP contribution is 2.33. The molecule has 1 saturated carbocycles. The number of ether oxygens (including phenoxy) is 1. The van der Waals surface area contributed by atoms with Crippen LogP contribution in [0.1, 0.15) is 46.0 Å². The molecule has 0 radical (unpaired) electrons. The summed E-state index contributed by atoms with van der Waals surface area (Å²) >= 11 is 0. The van der Waals surface area contributed by atoms with Gasteiger partial charge < -0.3 is 20.7 Å². The first-order chi connectivity index (χ1) is 12.6. The molecule has 0 unspecified atom stereocenters. The molecule has 8 heteroatoms. The van der Waals surface area contributed by atoms with Crippen molar-refractivity contribution in [3.05, 3.63) is 0 Å². The Balaban J connectivity index is 0.00000364. The van der Waals surface area contributed by atoms with E-state index in [1.54, 1.807) is 7.05 Å². The summed E-state index contributed by atoms with van der Waals surface area (Å²) in [6.07, 6.45) is 6.41. The van der Waals surface area contributed by atoms with E-state index >= 15 is 0 Å². The van der Waals surface area contributed by atoms with Crippen molar-refractivity contribution in [1.29, 1.82) is 0 Å². The summed E-state index contributed by atoms with van der Waals surface area (Å²) in [5.74, 6) is 0.914. The Kier molecular flexibility index (Phi) is 11.6. The molecule has 1 aliphatic carbocycles. The zero-order chi connectivity index (χ0) is 18.8. The van der Waals surface area contributed by atoms with E-state index in [1.165, 1.54) is 32.1 Å². The van der Waals surface area contributed by atoms with Crippen molar-refractivity contribution in [2.24, 2.45) is 10.9 Å². The average Bonchev–Trinajstić information content (AvgIpc) is 2.68. The van der Waals surface area contributed by atoms with Gasteiger partial charge in [0, 0.05) is 51.2 Å². The number of carbonyl (C=O) groups is 1. The molecule has 2 rings (SSSR count). The number of carbonyl (C=O) groups excluding carboxylic acids is 1. The van der Waals surface area contributed by atoms with Gasteiger partial charge >= 0.3 is 0 Å². The summed E-state index contributed by atoms with van der Waals surface area (Å²) in [6, 6.07) is 0. The Bertz CT molecular complexity index is 461. The minimum atomic E-state index is 0. The Labute approximate surface area is 181 Å². The van der Waals surface area contributed by atoms with Crippen LogP contribution in [-0.2, 0) is 9.53 Å². The third kappa shape index (κ3) is 7.73. The summed E-state index contributed by atoms with van der Waals surface area (Å²) in [7, 11) is 1.80. The zero-order valence-electron chi connectivity index (χ0n) is 17.2. The van der Waals surface area contributed by atoms with Gasteiger partial charge in [0.1, 0.15) is 0 Å². The number of morpholine rings is 1. The Morgan fingerprint density at radius 1 is 1.07 bits per heavy atom. The predicted octanol–water partition coefficient (Wildman–Crippen LogP) is 1.58. The summed E-state index contributed by atoms with van der Waals surface area (Å²) in [5, 5.41) is 9.76. The number of hydrogen-bond donors (Lipinski definition) is 3. The summed E-state index contributed by atoms with van der Waals surface area (Å²) in [6.45, 7) is 9.70. The third-order valence-electron chi connectivity index (χ3n) is 5.52. The van der Waals surface area contributed by atoms with E-state index in [2.05, 4.69) is 25.8 Å². The maximum Gasteiger partial charge on any atom is 0.222 e. The normalized spacial score (nSPS) is 20.7. The van der Waals surface area contributed by atoms with Crippen molar-refractivity contribution in [2.75, 3.05) is 53.0 Å². The van der Waals surface area contributed by atoms with Crippen LogP contribution in [0.25, 0.3) is 0 Å². The van der Waals surface area contributed by atoms with Gasteiger partial charge in [-0.15, -0.1) is 24.0 Å². The van der Waals surface area contributed by atoms with Gasteiger partial charge in [-0.1, -0.05) is 33.1 Å². The zero-order valence-corrected chi connectivity index (χ0v) is 19.5. The van der Waals surface area contributed by atoms with E-state index in [-0.39, 0.29) is 41.3 Å². The largest absolute Gasteiger partial charge is 0.379 e. The van der Waals surface area contributed by atoms with Crippen molar-refractivity contribution < 1.29 is 9.53 Å². The fourth-order valence-corrected chi connectivity index (χ4v) is 3.89. The molecule has 1 heterocycles. The van der Waals surface area contributed by atoms with Gasteiger partial charge in [0.2, 0.25) is 5.91 Å². The van der Waals surface area contributed by atoms with E-state index in [0.717, 1.165) is 38.8 Å². The number of amides is 1. The lowest BCUT2D eigenvalue weighted by atomic mass is 9.80. The number of rotatable bonds is 7. The molecule has 0 spiro atoms. The number of nitrogens with one attached hydrogen (secondary N) is 3. The molecule has 1 aliphatic heterocycles. The highest BCUT2D eigenvalue weighted by molar-refractivity contribution is 14.0. The van der Waals surface area contributed by atoms with E-state index in [4.69, 9.17) is 4.74 Å². The van der Waals surface area contributed by atoms with E-state index in [9.17, 15) is 4.79 Å². The first-order valence-electron chi connectivity index (χ1n) is 10.1. The minimum absolute atomic E-state index is 0. The van der Waals surface area contributed by atoms with Crippen molar-refractivity contribution in [3.63, 3.8) is 0 Å². The maximum absolute atomic E-state index is 11.6. The maximum atomic E-state index is 11.6. The molecule has 0 aromatic rings. The van der Waals surface area contributed by atoms with Gasteiger partial charge in [0.05, 0.1) is 13.2 Å². The van der Waals surface area contributed by atoms with Crippen LogP contribution in [0.2, 0.25) is 0 Å². The Morgan fingerprint density at radius 2 is 1.70 bits per heavy atom. The average molecular weight is 495 g/mol. The quantitative estimate of drug-likeness (QED) is 0.217. The first-order valence-corrected chi connectivity index (χ1v) is 10.1. The van der Waals surface area contributed by atoms with E-state index in [1.807, 2.05) is 13.8 Å². The molecule has 27 heavy (non-hydrogen) atoms. The fourth-order valence-electron chi connectivity index (χ4n) is 3.89. The summed E-state index contributed by atoms with van der Waals surface area (Å²) < 4.78 is 5.55. The molecule has 0 bridgehead atoms. The molecule has 0 aromatic heterocycles. The SMILES string of the molecule is CN=C(NCCNC(=O)C(C)C)NCC1(N2CCOCC2)CCCCC1.I. The second kappa shape index (κ2) is 12.8. The Hall–Kier alpha value is -0.610. The number of guanidine groups is 1. The van der Waals surface area contributed by atoms with Crippen LogP contribution in [0.4, 0.5) is 0 Å². The van der Waals surface area contributed by atoms with Gasteiger partial charge in [-0.05, 0) is 12.8 Å². The molecule has 0 atom stereocenters. The van der Waals surface area contributed by atoms with Gasteiger partial charge in [-0.2, -0.15) is 0 Å². The van der Waals surface area contributed by atoms with Gasteiger partial charge in [0.25, 0.3) is 0 Å². The highest BCUT2D eigenvalue weighted by atomic mass is 127. The van der Waals surface area contributed by atoms with Crippen LogP contribution in [0, 0.1) is 5.92 Å². The van der Waals surface area contributed by atoms with Crippen molar-refractivity contribution in [3.8, 4) is 0 Å². The van der Waals surface area contributed by atoms with Crippen LogP contribution in [0.3, 0.4) is 0 Å². The lowest BCUT2D eigenvalue weighted by molar-refractivity contribution is -0.123. The van der Waals surface area contributed by atoms with Crippen LogP contribution in [0.5, 0.6) is 0 Å². The lowest BCUT2D eigenvalue weighted by Gasteiger charge is -2.48. The third-order valence-corrected chi connectivity index (χ3v) is 5.52. The van der Waals surface area contributed by atoms with E-state index < -0.39 is 0 Å². The molecule has 1 amide bonds. The minimum Gasteiger partial charge on any atom is -0.379 e. The number of halogens is 1. The molecule has 7 nitrogen and oxygen atoms in total. The molecule has 2 fully saturated rings. The first kappa shape index (κ1) is 24.4. The van der Waals surface area contributed by atoms with E-state index in [0.29, 0.717) is 13.1 Å². The predicted molar refractivity (Wildman–Crippen MR) is 121 cm³/mol. The smallest absolute Gasteiger partial charge is 0.222 e. The van der Waals surface area contributed by atoms with Crippen LogP contribution in [-0.4, -0.2) is 75.3 Å². The fraction of sp³-hybridized carbons (Fsp3) is 0.895.